The number of rotatable bonds is 4. The van der Waals surface area contributed by atoms with Crippen molar-refractivity contribution in [2.75, 3.05) is 40.3 Å². The van der Waals surface area contributed by atoms with Crippen LogP contribution in [0.25, 0.3) is 0 Å². The Kier molecular flexibility index (Phi) is 5.38. The van der Waals surface area contributed by atoms with Gasteiger partial charge in [0, 0.05) is 43.8 Å². The second-order valence-electron chi connectivity index (χ2n) is 5.45. The molecule has 0 aromatic heterocycles. The van der Waals surface area contributed by atoms with E-state index in [1.165, 1.54) is 0 Å². The van der Waals surface area contributed by atoms with E-state index in [9.17, 15) is 0 Å². The number of likely N-dealkylation sites (N-methyl/N-ethyl adjacent to an activating group) is 2. The molecular formula is C15H21ClN4. The fraction of sp³-hybridized carbons (Fsp3) is 0.533. The molecule has 1 aromatic rings. The highest BCUT2D eigenvalue weighted by molar-refractivity contribution is 6.31. The number of nitrogens with one attached hydrogen (secondary N) is 1. The first-order chi connectivity index (χ1) is 9.60. The molecule has 1 saturated heterocycles. The minimum Gasteiger partial charge on any atom is -0.311 e. The minimum absolute atomic E-state index is 0.533. The lowest BCUT2D eigenvalue weighted by Gasteiger charge is -2.37. The van der Waals surface area contributed by atoms with Gasteiger partial charge in [0.25, 0.3) is 0 Å². The number of piperazine rings is 1. The van der Waals surface area contributed by atoms with E-state index in [0.29, 0.717) is 16.6 Å². The van der Waals surface area contributed by atoms with Gasteiger partial charge < -0.3 is 10.2 Å². The van der Waals surface area contributed by atoms with Crippen LogP contribution in [0.1, 0.15) is 11.1 Å². The second-order valence-corrected chi connectivity index (χ2v) is 5.85. The van der Waals surface area contributed by atoms with Gasteiger partial charge in [-0.1, -0.05) is 17.7 Å². The van der Waals surface area contributed by atoms with Crippen LogP contribution in [-0.2, 0) is 6.54 Å². The Hall–Kier alpha value is -1.12. The van der Waals surface area contributed by atoms with Crippen LogP contribution >= 0.6 is 11.6 Å². The van der Waals surface area contributed by atoms with Gasteiger partial charge in [-0.25, -0.2) is 0 Å². The van der Waals surface area contributed by atoms with Crippen LogP contribution in [0.15, 0.2) is 18.2 Å². The van der Waals surface area contributed by atoms with Crippen LogP contribution in [0, 0.1) is 11.3 Å². The van der Waals surface area contributed by atoms with Crippen LogP contribution < -0.4 is 5.32 Å². The number of hydrogen-bond donors (Lipinski definition) is 1. The molecule has 1 N–H and O–H groups in total. The van der Waals surface area contributed by atoms with E-state index in [4.69, 9.17) is 16.9 Å². The lowest BCUT2D eigenvalue weighted by Crippen LogP contribution is -2.53. The summed E-state index contributed by atoms with van der Waals surface area (Å²) in [6.07, 6.45) is 0. The predicted molar refractivity (Wildman–Crippen MR) is 81.8 cm³/mol. The van der Waals surface area contributed by atoms with Crippen molar-refractivity contribution in [3.05, 3.63) is 34.3 Å². The highest BCUT2D eigenvalue weighted by Crippen LogP contribution is 2.17. The topological polar surface area (TPSA) is 42.3 Å². The van der Waals surface area contributed by atoms with Gasteiger partial charge in [-0.3, -0.25) is 4.90 Å². The number of halogens is 1. The zero-order valence-corrected chi connectivity index (χ0v) is 12.8. The third kappa shape index (κ3) is 3.94. The van der Waals surface area contributed by atoms with Crippen molar-refractivity contribution in [2.45, 2.75) is 12.6 Å². The van der Waals surface area contributed by atoms with Gasteiger partial charge in [0.1, 0.15) is 0 Å². The van der Waals surface area contributed by atoms with Gasteiger partial charge >= 0.3 is 0 Å². The van der Waals surface area contributed by atoms with Gasteiger partial charge in [-0.05, 0) is 31.8 Å². The van der Waals surface area contributed by atoms with Crippen LogP contribution in [0.2, 0.25) is 5.02 Å². The number of nitriles is 1. The van der Waals surface area contributed by atoms with E-state index in [1.54, 1.807) is 6.07 Å². The SMILES string of the molecule is CN1CCN(C)C(CNCc2ccc(C#N)cc2Cl)C1. The monoisotopic (exact) mass is 292 g/mol. The van der Waals surface area contributed by atoms with Crippen LogP contribution in [0.5, 0.6) is 0 Å². The second kappa shape index (κ2) is 7.05. The number of hydrogen-bond acceptors (Lipinski definition) is 4. The predicted octanol–water partition coefficient (Wildman–Crippen LogP) is 1.55. The van der Waals surface area contributed by atoms with Crippen molar-refractivity contribution in [3.63, 3.8) is 0 Å². The van der Waals surface area contributed by atoms with Gasteiger partial charge in [0.15, 0.2) is 0 Å². The molecule has 1 fully saturated rings. The van der Waals surface area contributed by atoms with Crippen molar-refractivity contribution in [2.24, 2.45) is 0 Å². The van der Waals surface area contributed by atoms with E-state index in [1.807, 2.05) is 12.1 Å². The molecule has 4 nitrogen and oxygen atoms in total. The molecule has 0 bridgehead atoms. The molecule has 0 aliphatic carbocycles. The summed E-state index contributed by atoms with van der Waals surface area (Å²) in [5.41, 5.74) is 1.64. The molecular weight excluding hydrogens is 272 g/mol. The summed E-state index contributed by atoms with van der Waals surface area (Å²) in [7, 11) is 4.34. The summed E-state index contributed by atoms with van der Waals surface area (Å²) in [5.74, 6) is 0. The molecule has 1 unspecified atom stereocenters. The molecule has 2 rings (SSSR count). The van der Waals surface area contributed by atoms with Crippen LogP contribution in [0.4, 0.5) is 0 Å². The van der Waals surface area contributed by atoms with E-state index in [0.717, 1.165) is 38.3 Å². The van der Waals surface area contributed by atoms with Crippen molar-refractivity contribution < 1.29 is 0 Å². The molecule has 1 heterocycles. The van der Waals surface area contributed by atoms with Gasteiger partial charge in [0.2, 0.25) is 0 Å². The molecule has 0 amide bonds. The highest BCUT2D eigenvalue weighted by Gasteiger charge is 2.21. The molecule has 108 valence electrons. The largest absolute Gasteiger partial charge is 0.311 e. The Labute approximate surface area is 125 Å². The Balaban J connectivity index is 1.85. The molecule has 0 radical (unpaired) electrons. The van der Waals surface area contributed by atoms with Crippen molar-refractivity contribution in [3.8, 4) is 6.07 Å². The summed E-state index contributed by atoms with van der Waals surface area (Å²) >= 11 is 6.17. The van der Waals surface area contributed by atoms with Gasteiger partial charge in [-0.15, -0.1) is 0 Å². The van der Waals surface area contributed by atoms with Crippen molar-refractivity contribution in [1.82, 2.24) is 15.1 Å². The highest BCUT2D eigenvalue weighted by atomic mass is 35.5. The molecule has 1 aliphatic rings. The Morgan fingerprint density at radius 3 is 2.90 bits per heavy atom. The van der Waals surface area contributed by atoms with Gasteiger partial charge in [-0.2, -0.15) is 5.26 Å². The maximum absolute atomic E-state index is 8.82. The standard InChI is InChI=1S/C15H21ClN4/c1-19-5-6-20(2)14(11-19)10-18-9-13-4-3-12(8-17)7-15(13)16/h3-4,7,14,18H,5-6,9-11H2,1-2H3. The molecule has 1 aliphatic heterocycles. The lowest BCUT2D eigenvalue weighted by atomic mass is 10.1. The number of nitrogens with zero attached hydrogens (tertiary/aromatic N) is 3. The maximum Gasteiger partial charge on any atom is 0.0992 e. The third-order valence-electron chi connectivity index (χ3n) is 3.86. The molecule has 0 spiro atoms. The van der Waals surface area contributed by atoms with E-state index < -0.39 is 0 Å². The quantitative estimate of drug-likeness (QED) is 0.914. The molecule has 1 atom stereocenters. The van der Waals surface area contributed by atoms with E-state index in [2.05, 4.69) is 35.3 Å². The Morgan fingerprint density at radius 2 is 2.20 bits per heavy atom. The lowest BCUT2D eigenvalue weighted by molar-refractivity contribution is 0.113. The summed E-state index contributed by atoms with van der Waals surface area (Å²) in [5, 5.41) is 12.9. The summed E-state index contributed by atoms with van der Waals surface area (Å²) in [6, 6.07) is 8.08. The van der Waals surface area contributed by atoms with Crippen LogP contribution in [0.3, 0.4) is 0 Å². The Morgan fingerprint density at radius 1 is 1.40 bits per heavy atom. The maximum atomic E-state index is 8.82. The molecule has 5 heteroatoms. The average molecular weight is 293 g/mol. The Bertz CT molecular complexity index is 497. The average Bonchev–Trinajstić information content (AvgIpc) is 2.44. The molecule has 0 saturated carbocycles. The van der Waals surface area contributed by atoms with Crippen LogP contribution in [-0.4, -0.2) is 56.1 Å². The third-order valence-corrected chi connectivity index (χ3v) is 4.21. The molecule has 1 aromatic carbocycles. The minimum atomic E-state index is 0.533. The van der Waals surface area contributed by atoms with Crippen molar-refractivity contribution >= 4 is 11.6 Å². The zero-order chi connectivity index (χ0) is 14.5. The fourth-order valence-electron chi connectivity index (χ4n) is 2.46. The van der Waals surface area contributed by atoms with E-state index >= 15 is 0 Å². The number of benzene rings is 1. The summed E-state index contributed by atoms with van der Waals surface area (Å²) < 4.78 is 0. The smallest absolute Gasteiger partial charge is 0.0992 e. The first-order valence-electron chi connectivity index (χ1n) is 6.88. The fourth-order valence-corrected chi connectivity index (χ4v) is 2.70. The zero-order valence-electron chi connectivity index (χ0n) is 12.1. The normalized spacial score (nSPS) is 20.8. The van der Waals surface area contributed by atoms with Crippen molar-refractivity contribution in [1.29, 1.82) is 5.26 Å². The first kappa shape index (κ1) is 15.3. The first-order valence-corrected chi connectivity index (χ1v) is 7.26. The summed E-state index contributed by atoms with van der Waals surface area (Å²) in [6.45, 7) is 5.01. The van der Waals surface area contributed by atoms with Gasteiger partial charge in [0.05, 0.1) is 11.6 Å². The summed E-state index contributed by atoms with van der Waals surface area (Å²) in [4.78, 5) is 4.76. The molecule has 20 heavy (non-hydrogen) atoms. The van der Waals surface area contributed by atoms with E-state index in [-0.39, 0.29) is 0 Å².